The molecule has 0 unspecified atom stereocenters. The molecule has 0 aliphatic carbocycles. The van der Waals surface area contributed by atoms with E-state index in [0.29, 0.717) is 48.9 Å². The van der Waals surface area contributed by atoms with Crippen molar-refractivity contribution in [1.29, 1.82) is 0 Å². The summed E-state index contributed by atoms with van der Waals surface area (Å²) in [4.78, 5) is 29.9. The lowest BCUT2D eigenvalue weighted by Crippen LogP contribution is -2.31. The van der Waals surface area contributed by atoms with E-state index in [1.807, 2.05) is 6.07 Å². The molecule has 0 bridgehead atoms. The molecule has 154 valence electrons. The van der Waals surface area contributed by atoms with E-state index >= 15 is 0 Å². The SMILES string of the molecule is O=C(NCCc1coc(-c2ccc(F)cc2)n1)Nc1cccc(N2CCNC2=O)c1. The van der Waals surface area contributed by atoms with Crippen LogP contribution in [-0.2, 0) is 6.42 Å². The van der Waals surface area contributed by atoms with Gasteiger partial charge in [-0.1, -0.05) is 6.07 Å². The van der Waals surface area contributed by atoms with Crippen molar-refractivity contribution < 1.29 is 18.4 Å². The summed E-state index contributed by atoms with van der Waals surface area (Å²) in [5.74, 6) is 0.0761. The third-order valence-corrected chi connectivity index (χ3v) is 4.58. The second kappa shape index (κ2) is 8.64. The van der Waals surface area contributed by atoms with Gasteiger partial charge in [0.25, 0.3) is 0 Å². The van der Waals surface area contributed by atoms with E-state index in [2.05, 4.69) is 20.9 Å². The van der Waals surface area contributed by atoms with Crippen LogP contribution in [0.3, 0.4) is 0 Å². The Balaban J connectivity index is 1.27. The van der Waals surface area contributed by atoms with Crippen molar-refractivity contribution >= 4 is 23.4 Å². The average molecular weight is 409 g/mol. The molecular formula is C21H20FN5O3. The molecule has 1 aromatic heterocycles. The Bertz CT molecular complexity index is 1050. The molecule has 1 saturated heterocycles. The molecule has 0 atom stereocenters. The Hall–Kier alpha value is -3.88. The number of carbonyl (C=O) groups excluding carboxylic acids is 2. The number of anilines is 2. The van der Waals surface area contributed by atoms with Gasteiger partial charge in [0.15, 0.2) is 0 Å². The zero-order valence-electron chi connectivity index (χ0n) is 16.0. The Kier molecular flexibility index (Phi) is 5.60. The first-order valence-corrected chi connectivity index (χ1v) is 9.49. The van der Waals surface area contributed by atoms with Gasteiger partial charge in [0.1, 0.15) is 12.1 Å². The molecule has 1 fully saturated rings. The summed E-state index contributed by atoms with van der Waals surface area (Å²) in [7, 11) is 0. The summed E-state index contributed by atoms with van der Waals surface area (Å²) >= 11 is 0. The number of urea groups is 2. The number of nitrogens with one attached hydrogen (secondary N) is 3. The van der Waals surface area contributed by atoms with Crippen LogP contribution in [0.4, 0.5) is 25.4 Å². The van der Waals surface area contributed by atoms with Crippen molar-refractivity contribution in [3.8, 4) is 11.5 Å². The van der Waals surface area contributed by atoms with E-state index in [4.69, 9.17) is 4.42 Å². The largest absolute Gasteiger partial charge is 0.444 e. The van der Waals surface area contributed by atoms with Crippen LogP contribution in [0.5, 0.6) is 0 Å². The molecule has 30 heavy (non-hydrogen) atoms. The number of aromatic nitrogens is 1. The van der Waals surface area contributed by atoms with Crippen molar-refractivity contribution in [2.45, 2.75) is 6.42 Å². The van der Waals surface area contributed by atoms with Crippen molar-refractivity contribution in [2.75, 3.05) is 29.9 Å². The minimum atomic E-state index is -0.361. The highest BCUT2D eigenvalue weighted by Gasteiger charge is 2.21. The summed E-state index contributed by atoms with van der Waals surface area (Å²) in [5, 5.41) is 8.26. The number of amides is 4. The molecule has 4 rings (SSSR count). The smallest absolute Gasteiger partial charge is 0.321 e. The molecule has 0 saturated carbocycles. The van der Waals surface area contributed by atoms with Gasteiger partial charge >= 0.3 is 12.1 Å². The lowest BCUT2D eigenvalue weighted by Gasteiger charge is -2.15. The molecular weight excluding hydrogens is 389 g/mol. The van der Waals surface area contributed by atoms with Crippen LogP contribution in [0.2, 0.25) is 0 Å². The molecule has 2 heterocycles. The fourth-order valence-corrected chi connectivity index (χ4v) is 3.10. The number of nitrogens with zero attached hydrogens (tertiary/aromatic N) is 2. The van der Waals surface area contributed by atoms with Gasteiger partial charge in [-0.05, 0) is 42.5 Å². The molecule has 0 spiro atoms. The molecule has 9 heteroatoms. The monoisotopic (exact) mass is 409 g/mol. The molecule has 2 aromatic carbocycles. The van der Waals surface area contributed by atoms with E-state index in [9.17, 15) is 14.0 Å². The minimum Gasteiger partial charge on any atom is -0.444 e. The second-order valence-corrected chi connectivity index (χ2v) is 6.72. The maximum atomic E-state index is 13.0. The molecule has 0 radical (unpaired) electrons. The third kappa shape index (κ3) is 4.57. The summed E-state index contributed by atoms with van der Waals surface area (Å²) < 4.78 is 18.4. The molecule has 3 N–H and O–H groups in total. The number of hydrogen-bond donors (Lipinski definition) is 3. The van der Waals surface area contributed by atoms with E-state index in [1.165, 1.54) is 18.4 Å². The number of rotatable bonds is 6. The van der Waals surface area contributed by atoms with Crippen LogP contribution in [0, 0.1) is 5.82 Å². The lowest BCUT2D eigenvalue weighted by atomic mass is 10.2. The molecule has 8 nitrogen and oxygen atoms in total. The van der Waals surface area contributed by atoms with Crippen LogP contribution >= 0.6 is 0 Å². The topological polar surface area (TPSA) is 99.5 Å². The number of benzene rings is 2. The number of carbonyl (C=O) groups is 2. The fourth-order valence-electron chi connectivity index (χ4n) is 3.10. The highest BCUT2D eigenvalue weighted by Crippen LogP contribution is 2.21. The standard InChI is InChI=1S/C21H20FN5O3/c22-15-6-4-14(5-7-15)19-25-17(13-30-19)8-9-23-20(28)26-16-2-1-3-18(12-16)27-11-10-24-21(27)29/h1-7,12-13H,8-11H2,(H,24,29)(H2,23,26,28). The van der Waals surface area contributed by atoms with E-state index < -0.39 is 0 Å². The van der Waals surface area contributed by atoms with E-state index in [-0.39, 0.29) is 17.9 Å². The maximum absolute atomic E-state index is 13.0. The zero-order chi connectivity index (χ0) is 20.9. The quantitative estimate of drug-likeness (QED) is 0.581. The Morgan fingerprint density at radius 3 is 2.83 bits per heavy atom. The molecule has 3 aromatic rings. The van der Waals surface area contributed by atoms with Gasteiger partial charge in [0.05, 0.1) is 5.69 Å². The van der Waals surface area contributed by atoms with Crippen molar-refractivity contribution in [2.24, 2.45) is 0 Å². The predicted molar refractivity (Wildman–Crippen MR) is 110 cm³/mol. The van der Waals surface area contributed by atoms with Crippen molar-refractivity contribution in [1.82, 2.24) is 15.6 Å². The van der Waals surface area contributed by atoms with Crippen LogP contribution in [-0.4, -0.2) is 36.7 Å². The lowest BCUT2D eigenvalue weighted by molar-refractivity contribution is 0.251. The van der Waals surface area contributed by atoms with Gasteiger partial charge in [0.2, 0.25) is 5.89 Å². The van der Waals surface area contributed by atoms with Crippen molar-refractivity contribution in [3.05, 3.63) is 66.3 Å². The van der Waals surface area contributed by atoms with E-state index in [0.717, 1.165) is 5.69 Å². The van der Waals surface area contributed by atoms with Crippen LogP contribution < -0.4 is 20.9 Å². The highest BCUT2D eigenvalue weighted by atomic mass is 19.1. The number of halogens is 1. The molecule has 1 aliphatic heterocycles. The average Bonchev–Trinajstić information content (AvgIpc) is 3.38. The highest BCUT2D eigenvalue weighted by molar-refractivity contribution is 5.95. The van der Waals surface area contributed by atoms with Gasteiger partial charge in [0, 0.05) is 43.0 Å². The first-order valence-electron chi connectivity index (χ1n) is 9.49. The summed E-state index contributed by atoms with van der Waals surface area (Å²) in [5.41, 5.74) is 2.67. The maximum Gasteiger partial charge on any atom is 0.321 e. The Morgan fingerprint density at radius 1 is 1.23 bits per heavy atom. The number of hydrogen-bond acceptors (Lipinski definition) is 4. The normalized spacial score (nSPS) is 13.2. The fraction of sp³-hybridized carbons (Fsp3) is 0.190. The minimum absolute atomic E-state index is 0.149. The first-order chi connectivity index (χ1) is 14.6. The van der Waals surface area contributed by atoms with Gasteiger partial charge in [-0.3, -0.25) is 4.90 Å². The van der Waals surface area contributed by atoms with Gasteiger partial charge in [-0.25, -0.2) is 19.0 Å². The van der Waals surface area contributed by atoms with Crippen LogP contribution in [0.15, 0.2) is 59.2 Å². The Morgan fingerprint density at radius 2 is 2.07 bits per heavy atom. The van der Waals surface area contributed by atoms with Crippen molar-refractivity contribution in [3.63, 3.8) is 0 Å². The number of oxazole rings is 1. The predicted octanol–water partition coefficient (Wildman–Crippen LogP) is 3.37. The van der Waals surface area contributed by atoms with Gasteiger partial charge < -0.3 is 20.4 Å². The molecule has 1 aliphatic rings. The first kappa shape index (κ1) is 19.4. The van der Waals surface area contributed by atoms with Gasteiger partial charge in [-0.2, -0.15) is 0 Å². The van der Waals surface area contributed by atoms with Crippen LogP contribution in [0.25, 0.3) is 11.5 Å². The summed E-state index contributed by atoms with van der Waals surface area (Å²) in [6.45, 7) is 1.55. The van der Waals surface area contributed by atoms with E-state index in [1.54, 1.807) is 35.2 Å². The van der Waals surface area contributed by atoms with Crippen LogP contribution in [0.1, 0.15) is 5.69 Å². The summed E-state index contributed by atoms with van der Waals surface area (Å²) in [6, 6.07) is 12.5. The van der Waals surface area contributed by atoms with Gasteiger partial charge in [-0.15, -0.1) is 0 Å². The Labute approximate surface area is 172 Å². The zero-order valence-corrected chi connectivity index (χ0v) is 16.0. The second-order valence-electron chi connectivity index (χ2n) is 6.72. The third-order valence-electron chi connectivity index (χ3n) is 4.58. The summed E-state index contributed by atoms with van der Waals surface area (Å²) in [6.07, 6.45) is 1.99. The molecule has 4 amide bonds.